The highest BCUT2D eigenvalue weighted by Gasteiger charge is 2.04. The second-order valence-corrected chi connectivity index (χ2v) is 4.44. The van der Waals surface area contributed by atoms with Gasteiger partial charge in [-0.1, -0.05) is 18.2 Å². The molecular formula is C15H12N2O2. The van der Waals surface area contributed by atoms with Gasteiger partial charge in [0.15, 0.2) is 0 Å². The van der Waals surface area contributed by atoms with Crippen LogP contribution in [0.1, 0.15) is 15.9 Å². The second kappa shape index (κ2) is 4.57. The third kappa shape index (κ3) is 2.33. The maximum absolute atomic E-state index is 11.0. The molecule has 94 valence electrons. The topological polar surface area (TPSA) is 55.1 Å². The van der Waals surface area contributed by atoms with Crippen molar-refractivity contribution in [1.29, 1.82) is 0 Å². The summed E-state index contributed by atoms with van der Waals surface area (Å²) < 4.78 is 1.97. The monoisotopic (exact) mass is 252 g/mol. The van der Waals surface area contributed by atoms with E-state index in [1.54, 1.807) is 24.7 Å². The van der Waals surface area contributed by atoms with Gasteiger partial charge in [0, 0.05) is 18.9 Å². The van der Waals surface area contributed by atoms with Crippen molar-refractivity contribution in [2.45, 2.75) is 6.54 Å². The number of nitrogens with zero attached hydrogens (tertiary/aromatic N) is 2. The lowest BCUT2D eigenvalue weighted by Crippen LogP contribution is -1.97. The van der Waals surface area contributed by atoms with Crippen LogP contribution in [-0.2, 0) is 6.54 Å². The van der Waals surface area contributed by atoms with Crippen molar-refractivity contribution in [2.75, 3.05) is 0 Å². The van der Waals surface area contributed by atoms with E-state index >= 15 is 0 Å². The fourth-order valence-electron chi connectivity index (χ4n) is 2.12. The molecule has 1 aromatic heterocycles. The summed E-state index contributed by atoms with van der Waals surface area (Å²) in [5, 5.41) is 11.0. The molecule has 0 saturated carbocycles. The summed E-state index contributed by atoms with van der Waals surface area (Å²) in [7, 11) is 0. The molecule has 0 fully saturated rings. The normalized spacial score (nSPS) is 10.7. The minimum atomic E-state index is -0.901. The average molecular weight is 252 g/mol. The van der Waals surface area contributed by atoms with E-state index in [1.807, 2.05) is 35.0 Å². The molecule has 0 spiro atoms. The third-order valence-corrected chi connectivity index (χ3v) is 3.08. The zero-order valence-electron chi connectivity index (χ0n) is 10.2. The summed E-state index contributed by atoms with van der Waals surface area (Å²) in [6.07, 6.45) is 5.40. The number of hydrogen-bond acceptors (Lipinski definition) is 2. The first-order chi connectivity index (χ1) is 9.22. The van der Waals surface area contributed by atoms with Crippen LogP contribution >= 0.6 is 0 Å². The van der Waals surface area contributed by atoms with Gasteiger partial charge in [0.2, 0.25) is 0 Å². The van der Waals surface area contributed by atoms with Gasteiger partial charge in [0.25, 0.3) is 0 Å². The van der Waals surface area contributed by atoms with Gasteiger partial charge in [-0.05, 0) is 34.5 Å². The Morgan fingerprint density at radius 1 is 1.16 bits per heavy atom. The molecule has 0 aliphatic carbocycles. The number of aromatic carboxylic acids is 1. The molecule has 1 heterocycles. The van der Waals surface area contributed by atoms with Gasteiger partial charge in [-0.15, -0.1) is 0 Å². The van der Waals surface area contributed by atoms with E-state index in [9.17, 15) is 4.79 Å². The number of carboxylic acids is 1. The molecule has 0 aliphatic heterocycles. The summed E-state index contributed by atoms with van der Waals surface area (Å²) >= 11 is 0. The number of rotatable bonds is 3. The minimum Gasteiger partial charge on any atom is -0.478 e. The molecule has 0 amide bonds. The van der Waals surface area contributed by atoms with Crippen LogP contribution in [0.15, 0.2) is 55.1 Å². The lowest BCUT2D eigenvalue weighted by molar-refractivity contribution is 0.0697. The molecule has 2 aromatic carbocycles. The fourth-order valence-corrected chi connectivity index (χ4v) is 2.12. The predicted molar refractivity (Wildman–Crippen MR) is 72.2 cm³/mol. The Hall–Kier alpha value is -2.62. The van der Waals surface area contributed by atoms with Gasteiger partial charge < -0.3 is 9.67 Å². The van der Waals surface area contributed by atoms with Crippen LogP contribution in [0.25, 0.3) is 10.8 Å². The zero-order chi connectivity index (χ0) is 13.2. The number of benzene rings is 2. The molecule has 3 aromatic rings. The third-order valence-electron chi connectivity index (χ3n) is 3.08. The van der Waals surface area contributed by atoms with Crippen molar-refractivity contribution in [3.05, 3.63) is 66.2 Å². The van der Waals surface area contributed by atoms with Gasteiger partial charge in [-0.2, -0.15) is 0 Å². The average Bonchev–Trinajstić information content (AvgIpc) is 2.90. The van der Waals surface area contributed by atoms with E-state index in [2.05, 4.69) is 4.98 Å². The Labute approximate surface area is 109 Å². The van der Waals surface area contributed by atoms with Crippen molar-refractivity contribution in [1.82, 2.24) is 9.55 Å². The summed E-state index contributed by atoms with van der Waals surface area (Å²) in [5.74, 6) is -0.901. The van der Waals surface area contributed by atoms with Gasteiger partial charge in [-0.25, -0.2) is 9.78 Å². The van der Waals surface area contributed by atoms with E-state index in [4.69, 9.17) is 5.11 Å². The van der Waals surface area contributed by atoms with Crippen LogP contribution in [0.4, 0.5) is 0 Å². The molecule has 0 bridgehead atoms. The standard InChI is InChI=1S/C15H12N2O2/c18-15(19)13-4-3-12-2-1-11(7-14(12)8-13)9-17-6-5-16-10-17/h1-8,10H,9H2,(H,18,19). The first-order valence-corrected chi connectivity index (χ1v) is 5.94. The molecule has 19 heavy (non-hydrogen) atoms. The molecule has 4 nitrogen and oxygen atoms in total. The number of hydrogen-bond donors (Lipinski definition) is 1. The lowest BCUT2D eigenvalue weighted by atomic mass is 10.0. The molecule has 0 radical (unpaired) electrons. The van der Waals surface area contributed by atoms with Crippen molar-refractivity contribution in [3.8, 4) is 0 Å². The van der Waals surface area contributed by atoms with E-state index in [1.165, 1.54) is 0 Å². The van der Waals surface area contributed by atoms with E-state index in [0.717, 1.165) is 22.9 Å². The quantitative estimate of drug-likeness (QED) is 0.779. The lowest BCUT2D eigenvalue weighted by Gasteiger charge is -2.05. The highest BCUT2D eigenvalue weighted by atomic mass is 16.4. The minimum absolute atomic E-state index is 0.312. The Kier molecular flexibility index (Phi) is 2.76. The summed E-state index contributed by atoms with van der Waals surface area (Å²) in [6, 6.07) is 11.2. The number of aromatic nitrogens is 2. The van der Waals surface area contributed by atoms with Crippen LogP contribution in [0.5, 0.6) is 0 Å². The number of carbonyl (C=O) groups is 1. The SMILES string of the molecule is O=C(O)c1ccc2ccc(Cn3ccnc3)cc2c1. The van der Waals surface area contributed by atoms with Gasteiger partial charge in [-0.3, -0.25) is 0 Å². The Balaban J connectivity index is 2.01. The van der Waals surface area contributed by atoms with Crippen molar-refractivity contribution in [2.24, 2.45) is 0 Å². The first kappa shape index (κ1) is 11.5. The first-order valence-electron chi connectivity index (χ1n) is 5.94. The van der Waals surface area contributed by atoms with E-state index in [0.29, 0.717) is 5.56 Å². The van der Waals surface area contributed by atoms with Crippen LogP contribution in [-0.4, -0.2) is 20.6 Å². The fraction of sp³-hybridized carbons (Fsp3) is 0.0667. The van der Waals surface area contributed by atoms with Crippen molar-refractivity contribution >= 4 is 16.7 Å². The number of fused-ring (bicyclic) bond motifs is 1. The van der Waals surface area contributed by atoms with Crippen LogP contribution in [0.3, 0.4) is 0 Å². The molecule has 4 heteroatoms. The van der Waals surface area contributed by atoms with Gasteiger partial charge in [0.05, 0.1) is 11.9 Å². The number of imidazole rings is 1. The highest BCUT2D eigenvalue weighted by molar-refractivity contribution is 5.94. The molecular weight excluding hydrogens is 240 g/mol. The zero-order valence-corrected chi connectivity index (χ0v) is 10.2. The number of carboxylic acid groups (broad SMARTS) is 1. The summed E-state index contributed by atoms with van der Waals surface area (Å²) in [5.41, 5.74) is 1.43. The predicted octanol–water partition coefficient (Wildman–Crippen LogP) is 2.78. The summed E-state index contributed by atoms with van der Waals surface area (Å²) in [6.45, 7) is 0.729. The van der Waals surface area contributed by atoms with Gasteiger partial charge >= 0.3 is 5.97 Å². The van der Waals surface area contributed by atoms with Gasteiger partial charge in [0.1, 0.15) is 0 Å². The molecule has 0 unspecified atom stereocenters. The maximum atomic E-state index is 11.0. The smallest absolute Gasteiger partial charge is 0.335 e. The molecule has 1 N–H and O–H groups in total. The molecule has 0 atom stereocenters. The second-order valence-electron chi connectivity index (χ2n) is 4.44. The Bertz CT molecular complexity index is 733. The molecule has 0 saturated heterocycles. The van der Waals surface area contributed by atoms with Crippen molar-refractivity contribution < 1.29 is 9.90 Å². The maximum Gasteiger partial charge on any atom is 0.335 e. The van der Waals surface area contributed by atoms with Crippen molar-refractivity contribution in [3.63, 3.8) is 0 Å². The highest BCUT2D eigenvalue weighted by Crippen LogP contribution is 2.18. The summed E-state index contributed by atoms with van der Waals surface area (Å²) in [4.78, 5) is 15.0. The molecule has 3 rings (SSSR count). The molecule has 0 aliphatic rings. The van der Waals surface area contributed by atoms with Crippen LogP contribution in [0, 0.1) is 0 Å². The Morgan fingerprint density at radius 2 is 2.00 bits per heavy atom. The van der Waals surface area contributed by atoms with E-state index in [-0.39, 0.29) is 0 Å². The Morgan fingerprint density at radius 3 is 2.74 bits per heavy atom. The van der Waals surface area contributed by atoms with Crippen LogP contribution < -0.4 is 0 Å². The van der Waals surface area contributed by atoms with E-state index < -0.39 is 5.97 Å². The van der Waals surface area contributed by atoms with Crippen LogP contribution in [0.2, 0.25) is 0 Å². The largest absolute Gasteiger partial charge is 0.478 e.